The third-order valence-corrected chi connectivity index (χ3v) is 1.06. The standard InChI is InChI=1S/C7H6BO/c9-6-8-7-4-2-1-3-5-7/h1-6H. The Morgan fingerprint density at radius 1 is 1.22 bits per heavy atom. The van der Waals surface area contributed by atoms with E-state index in [1.807, 2.05) is 30.3 Å². The van der Waals surface area contributed by atoms with Gasteiger partial charge < -0.3 is 4.79 Å². The zero-order valence-electron chi connectivity index (χ0n) is 4.95. The normalized spacial score (nSPS) is 8.44. The molecule has 0 saturated heterocycles. The molecule has 0 spiro atoms. The van der Waals surface area contributed by atoms with Gasteiger partial charge in [-0.2, -0.15) is 0 Å². The molecule has 0 aliphatic heterocycles. The van der Waals surface area contributed by atoms with Gasteiger partial charge in [-0.1, -0.05) is 35.8 Å². The minimum atomic E-state index is 0.787. The maximum atomic E-state index is 9.92. The number of carbonyl (C=O) groups is 1. The Morgan fingerprint density at radius 2 is 1.89 bits per heavy atom. The topological polar surface area (TPSA) is 17.1 Å². The Morgan fingerprint density at radius 3 is 2.44 bits per heavy atom. The summed E-state index contributed by atoms with van der Waals surface area (Å²) >= 11 is 0. The Kier molecular flexibility index (Phi) is 2.08. The molecular formula is C7H6BO. The highest BCUT2D eigenvalue weighted by Gasteiger charge is 1.88. The van der Waals surface area contributed by atoms with Crippen LogP contribution >= 0.6 is 0 Å². The molecule has 9 heavy (non-hydrogen) atoms. The van der Waals surface area contributed by atoms with Crippen LogP contribution in [-0.4, -0.2) is 13.5 Å². The lowest BCUT2D eigenvalue weighted by Crippen LogP contribution is -2.13. The Balaban J connectivity index is 2.72. The summed E-state index contributed by atoms with van der Waals surface area (Å²) < 4.78 is 0. The van der Waals surface area contributed by atoms with E-state index in [0.717, 1.165) is 11.6 Å². The van der Waals surface area contributed by atoms with E-state index in [-0.39, 0.29) is 0 Å². The molecule has 0 aromatic heterocycles. The van der Waals surface area contributed by atoms with Crippen LogP contribution in [0.15, 0.2) is 30.3 Å². The highest BCUT2D eigenvalue weighted by Crippen LogP contribution is 1.78. The maximum Gasteiger partial charge on any atom is 0.236 e. The maximum absolute atomic E-state index is 9.92. The molecule has 1 nitrogen and oxygen atoms in total. The smallest absolute Gasteiger partial charge is 0.236 e. The summed E-state index contributed by atoms with van der Waals surface area (Å²) in [7, 11) is 1.53. The number of hydrogen-bond acceptors (Lipinski definition) is 1. The van der Waals surface area contributed by atoms with Crippen molar-refractivity contribution in [2.24, 2.45) is 0 Å². The van der Waals surface area contributed by atoms with Gasteiger partial charge in [0.15, 0.2) is 0 Å². The van der Waals surface area contributed by atoms with Crippen molar-refractivity contribution in [1.29, 1.82) is 0 Å². The number of rotatable bonds is 2. The third kappa shape index (κ3) is 1.72. The molecule has 0 fully saturated rings. The van der Waals surface area contributed by atoms with Crippen molar-refractivity contribution in [1.82, 2.24) is 0 Å². The molecule has 0 heterocycles. The molecule has 0 aliphatic rings. The second kappa shape index (κ2) is 3.08. The van der Waals surface area contributed by atoms with Crippen LogP contribution in [0.4, 0.5) is 0 Å². The van der Waals surface area contributed by atoms with Gasteiger partial charge in [0.2, 0.25) is 7.28 Å². The summed E-state index contributed by atoms with van der Waals surface area (Å²) in [5, 5.41) is 0. The van der Waals surface area contributed by atoms with Crippen LogP contribution < -0.4 is 5.46 Å². The highest BCUT2D eigenvalue weighted by atomic mass is 16.1. The van der Waals surface area contributed by atoms with Crippen LogP contribution in [-0.2, 0) is 4.79 Å². The summed E-state index contributed by atoms with van der Waals surface area (Å²) in [6, 6.07) is 9.48. The van der Waals surface area contributed by atoms with E-state index in [9.17, 15) is 4.79 Å². The van der Waals surface area contributed by atoms with Gasteiger partial charge in [0.25, 0.3) is 0 Å². The van der Waals surface area contributed by atoms with Crippen LogP contribution in [0.5, 0.6) is 0 Å². The van der Waals surface area contributed by atoms with Crippen molar-refractivity contribution in [3.8, 4) is 0 Å². The second-order valence-electron chi connectivity index (χ2n) is 1.71. The van der Waals surface area contributed by atoms with Crippen LogP contribution in [0.2, 0.25) is 0 Å². The van der Waals surface area contributed by atoms with E-state index in [2.05, 4.69) is 0 Å². The summed E-state index contributed by atoms with van der Waals surface area (Å²) in [4.78, 5) is 9.92. The fraction of sp³-hybridized carbons (Fsp3) is 0. The Labute approximate surface area is 54.9 Å². The van der Waals surface area contributed by atoms with Crippen molar-refractivity contribution in [2.45, 2.75) is 0 Å². The van der Waals surface area contributed by atoms with E-state index in [1.54, 1.807) is 0 Å². The van der Waals surface area contributed by atoms with Crippen LogP contribution in [0, 0.1) is 0 Å². The van der Waals surface area contributed by atoms with Crippen LogP contribution in [0.25, 0.3) is 0 Å². The number of carbonyl (C=O) groups excluding carboxylic acids is 1. The van der Waals surface area contributed by atoms with Crippen molar-refractivity contribution >= 4 is 18.9 Å². The molecule has 2 heteroatoms. The van der Waals surface area contributed by atoms with Crippen molar-refractivity contribution in [3.05, 3.63) is 30.3 Å². The van der Waals surface area contributed by atoms with Gasteiger partial charge in [0.05, 0.1) is 6.19 Å². The minimum absolute atomic E-state index is 0.787. The monoisotopic (exact) mass is 117 g/mol. The van der Waals surface area contributed by atoms with Crippen molar-refractivity contribution in [3.63, 3.8) is 0 Å². The third-order valence-electron chi connectivity index (χ3n) is 1.06. The Hall–Kier alpha value is -1.05. The molecule has 0 atom stereocenters. The lowest BCUT2D eigenvalue weighted by Gasteiger charge is -1.87. The van der Waals surface area contributed by atoms with Gasteiger partial charge in [-0.15, -0.1) is 0 Å². The minimum Gasteiger partial charge on any atom is -0.315 e. The van der Waals surface area contributed by atoms with E-state index in [4.69, 9.17) is 0 Å². The average molecular weight is 117 g/mol. The fourth-order valence-electron chi connectivity index (χ4n) is 0.643. The molecule has 0 amide bonds. The van der Waals surface area contributed by atoms with E-state index in [1.165, 1.54) is 7.28 Å². The summed E-state index contributed by atoms with van der Waals surface area (Å²) in [6.07, 6.45) is 0.787. The highest BCUT2D eigenvalue weighted by molar-refractivity contribution is 6.78. The zero-order valence-corrected chi connectivity index (χ0v) is 4.95. The van der Waals surface area contributed by atoms with E-state index >= 15 is 0 Å². The van der Waals surface area contributed by atoms with E-state index in [0.29, 0.717) is 0 Å². The quantitative estimate of drug-likeness (QED) is 0.399. The molecule has 43 valence electrons. The van der Waals surface area contributed by atoms with Crippen molar-refractivity contribution in [2.75, 3.05) is 0 Å². The van der Waals surface area contributed by atoms with Crippen LogP contribution in [0.3, 0.4) is 0 Å². The lowest BCUT2D eigenvalue weighted by atomic mass is 9.73. The molecule has 0 N–H and O–H groups in total. The molecule has 1 radical (unpaired) electrons. The molecular weight excluding hydrogens is 111 g/mol. The molecule has 1 rings (SSSR count). The predicted octanol–water partition coefficient (Wildman–Crippen LogP) is 0.206. The van der Waals surface area contributed by atoms with Gasteiger partial charge in [-0.05, 0) is 0 Å². The van der Waals surface area contributed by atoms with Gasteiger partial charge in [-0.3, -0.25) is 0 Å². The summed E-state index contributed by atoms with van der Waals surface area (Å²) in [6.45, 7) is 0. The largest absolute Gasteiger partial charge is 0.315 e. The van der Waals surface area contributed by atoms with Gasteiger partial charge in [0, 0.05) is 0 Å². The van der Waals surface area contributed by atoms with Crippen LogP contribution in [0.1, 0.15) is 0 Å². The van der Waals surface area contributed by atoms with Gasteiger partial charge in [-0.25, -0.2) is 0 Å². The van der Waals surface area contributed by atoms with E-state index < -0.39 is 0 Å². The fourth-order valence-corrected chi connectivity index (χ4v) is 0.643. The lowest BCUT2D eigenvalue weighted by molar-refractivity contribution is 0.568. The van der Waals surface area contributed by atoms with Gasteiger partial charge >= 0.3 is 0 Å². The SMILES string of the molecule is O=C[B]c1ccccc1. The predicted molar refractivity (Wildman–Crippen MR) is 38.6 cm³/mol. The molecule has 1 aromatic rings. The first-order chi connectivity index (χ1) is 4.43. The number of benzene rings is 1. The zero-order chi connectivity index (χ0) is 6.53. The molecule has 0 aliphatic carbocycles. The first-order valence-electron chi connectivity index (χ1n) is 2.77. The first kappa shape index (κ1) is 6.08. The second-order valence-corrected chi connectivity index (χ2v) is 1.71. The number of hydrogen-bond donors (Lipinski definition) is 0. The Bertz CT molecular complexity index is 183. The molecule has 1 aromatic carbocycles. The summed E-state index contributed by atoms with van der Waals surface area (Å²) in [5.74, 6) is 0. The van der Waals surface area contributed by atoms with Crippen molar-refractivity contribution < 1.29 is 4.79 Å². The summed E-state index contributed by atoms with van der Waals surface area (Å²) in [5.41, 5.74) is 0.951. The average Bonchev–Trinajstić information content (AvgIpc) is 1.91. The first-order valence-corrected chi connectivity index (χ1v) is 2.77. The molecule has 0 unspecified atom stereocenters. The molecule has 0 saturated carbocycles. The molecule has 0 bridgehead atoms. The van der Waals surface area contributed by atoms with Gasteiger partial charge in [0.1, 0.15) is 0 Å².